The quantitative estimate of drug-likeness (QED) is 0.809. The van der Waals surface area contributed by atoms with Gasteiger partial charge in [0.15, 0.2) is 11.6 Å². The Morgan fingerprint density at radius 3 is 2.47 bits per heavy atom. The maximum absolute atomic E-state index is 13.4. The highest BCUT2D eigenvalue weighted by atomic mass is 35.5. The van der Waals surface area contributed by atoms with Crippen LogP contribution in [-0.2, 0) is 6.54 Å². The van der Waals surface area contributed by atoms with Crippen LogP contribution in [0.5, 0.6) is 0 Å². The standard InChI is InChI=1S/C13H11ClF3NS/c1-7(12-2-3-13(14)19-12)18-6-8-4-10(16)11(17)5-9(8)15/h2-5,7,18H,6H2,1H3. The molecule has 1 heterocycles. The summed E-state index contributed by atoms with van der Waals surface area (Å²) in [6.07, 6.45) is 0. The first-order valence-electron chi connectivity index (χ1n) is 5.59. The second-order valence-electron chi connectivity index (χ2n) is 4.10. The van der Waals surface area contributed by atoms with Crippen molar-refractivity contribution >= 4 is 22.9 Å². The SMILES string of the molecule is CC(NCc1cc(F)c(F)cc1F)c1ccc(Cl)s1. The van der Waals surface area contributed by atoms with E-state index in [2.05, 4.69) is 5.32 Å². The van der Waals surface area contributed by atoms with E-state index in [4.69, 9.17) is 11.6 Å². The van der Waals surface area contributed by atoms with E-state index in [1.165, 1.54) is 11.3 Å². The lowest BCUT2D eigenvalue weighted by Crippen LogP contribution is -2.18. The molecular formula is C13H11ClF3NS. The summed E-state index contributed by atoms with van der Waals surface area (Å²) in [6.45, 7) is 2.00. The van der Waals surface area contributed by atoms with Gasteiger partial charge in [-0.2, -0.15) is 0 Å². The third-order valence-corrected chi connectivity index (χ3v) is 4.12. The summed E-state index contributed by atoms with van der Waals surface area (Å²) in [6, 6.07) is 5.01. The second kappa shape index (κ2) is 5.94. The number of benzene rings is 1. The molecule has 19 heavy (non-hydrogen) atoms. The third-order valence-electron chi connectivity index (χ3n) is 2.71. The number of hydrogen-bond donors (Lipinski definition) is 1. The second-order valence-corrected chi connectivity index (χ2v) is 5.85. The molecule has 0 aliphatic rings. The van der Waals surface area contributed by atoms with Crippen molar-refractivity contribution in [3.05, 3.63) is 56.5 Å². The fraction of sp³-hybridized carbons (Fsp3) is 0.231. The zero-order valence-corrected chi connectivity index (χ0v) is 11.6. The molecule has 102 valence electrons. The molecule has 2 aromatic rings. The Morgan fingerprint density at radius 1 is 1.16 bits per heavy atom. The average molecular weight is 306 g/mol. The summed E-state index contributed by atoms with van der Waals surface area (Å²) in [5.74, 6) is -2.99. The molecule has 2 rings (SSSR count). The highest BCUT2D eigenvalue weighted by molar-refractivity contribution is 7.16. The van der Waals surface area contributed by atoms with Crippen molar-refractivity contribution in [1.29, 1.82) is 0 Å². The first-order valence-corrected chi connectivity index (χ1v) is 6.79. The molecule has 1 nitrogen and oxygen atoms in total. The van der Waals surface area contributed by atoms with Crippen LogP contribution in [0.1, 0.15) is 23.4 Å². The fourth-order valence-corrected chi connectivity index (χ4v) is 2.71. The predicted molar refractivity (Wildman–Crippen MR) is 70.9 cm³/mol. The Kier molecular flexibility index (Phi) is 4.50. The van der Waals surface area contributed by atoms with Gasteiger partial charge in [-0.05, 0) is 25.1 Å². The number of nitrogens with one attached hydrogen (secondary N) is 1. The molecule has 0 fully saturated rings. The number of halogens is 4. The van der Waals surface area contributed by atoms with Crippen molar-refractivity contribution in [3.63, 3.8) is 0 Å². The van der Waals surface area contributed by atoms with Gasteiger partial charge in [0, 0.05) is 29.1 Å². The molecule has 1 unspecified atom stereocenters. The molecule has 0 radical (unpaired) electrons. The van der Waals surface area contributed by atoms with E-state index < -0.39 is 17.5 Å². The summed E-state index contributed by atoms with van der Waals surface area (Å²) >= 11 is 7.24. The molecule has 1 atom stereocenters. The minimum absolute atomic E-state index is 0.0509. The Balaban J connectivity index is 2.04. The normalized spacial score (nSPS) is 12.7. The van der Waals surface area contributed by atoms with Gasteiger partial charge in [-0.1, -0.05) is 11.6 Å². The first kappa shape index (κ1) is 14.4. The Hall–Kier alpha value is -1.04. The summed E-state index contributed by atoms with van der Waals surface area (Å²) in [5, 5.41) is 3.04. The molecule has 0 aliphatic carbocycles. The Bertz CT molecular complexity index is 585. The lowest BCUT2D eigenvalue weighted by molar-refractivity contribution is 0.482. The molecular weight excluding hydrogens is 295 g/mol. The van der Waals surface area contributed by atoms with Crippen LogP contribution < -0.4 is 5.32 Å². The highest BCUT2D eigenvalue weighted by Crippen LogP contribution is 2.27. The van der Waals surface area contributed by atoms with Crippen molar-refractivity contribution in [2.24, 2.45) is 0 Å². The van der Waals surface area contributed by atoms with Gasteiger partial charge in [0.1, 0.15) is 5.82 Å². The summed E-state index contributed by atoms with van der Waals surface area (Å²) in [5.41, 5.74) is 0.0911. The molecule has 0 saturated carbocycles. The van der Waals surface area contributed by atoms with Crippen LogP contribution in [0.25, 0.3) is 0 Å². The maximum atomic E-state index is 13.4. The maximum Gasteiger partial charge on any atom is 0.161 e. The van der Waals surface area contributed by atoms with E-state index in [-0.39, 0.29) is 18.2 Å². The Labute approximate surface area is 118 Å². The summed E-state index contributed by atoms with van der Waals surface area (Å²) in [7, 11) is 0. The van der Waals surface area contributed by atoms with E-state index in [9.17, 15) is 13.2 Å². The topological polar surface area (TPSA) is 12.0 Å². The van der Waals surface area contributed by atoms with Gasteiger partial charge in [0.25, 0.3) is 0 Å². The van der Waals surface area contributed by atoms with Gasteiger partial charge in [-0.3, -0.25) is 0 Å². The minimum Gasteiger partial charge on any atom is -0.305 e. The first-order chi connectivity index (χ1) is 8.97. The molecule has 1 aromatic carbocycles. The zero-order chi connectivity index (χ0) is 14.0. The van der Waals surface area contributed by atoms with Crippen LogP contribution in [0.15, 0.2) is 24.3 Å². The smallest absolute Gasteiger partial charge is 0.161 e. The van der Waals surface area contributed by atoms with Gasteiger partial charge in [0.2, 0.25) is 0 Å². The van der Waals surface area contributed by atoms with E-state index >= 15 is 0 Å². The van der Waals surface area contributed by atoms with Crippen molar-refractivity contribution in [2.45, 2.75) is 19.5 Å². The van der Waals surface area contributed by atoms with Crippen LogP contribution in [0.4, 0.5) is 13.2 Å². The van der Waals surface area contributed by atoms with Crippen molar-refractivity contribution in [2.75, 3.05) is 0 Å². The van der Waals surface area contributed by atoms with Crippen LogP contribution in [0.3, 0.4) is 0 Å². The van der Waals surface area contributed by atoms with Gasteiger partial charge >= 0.3 is 0 Å². The molecule has 0 spiro atoms. The Morgan fingerprint density at radius 2 is 1.84 bits per heavy atom. The van der Waals surface area contributed by atoms with Crippen LogP contribution in [0, 0.1) is 17.5 Å². The fourth-order valence-electron chi connectivity index (χ4n) is 1.62. The van der Waals surface area contributed by atoms with Crippen LogP contribution >= 0.6 is 22.9 Å². The molecule has 0 bridgehead atoms. The van der Waals surface area contributed by atoms with E-state index in [1.54, 1.807) is 6.07 Å². The lowest BCUT2D eigenvalue weighted by atomic mass is 10.2. The zero-order valence-electron chi connectivity index (χ0n) is 10.0. The molecule has 1 N–H and O–H groups in total. The molecule has 0 saturated heterocycles. The highest BCUT2D eigenvalue weighted by Gasteiger charge is 2.12. The van der Waals surface area contributed by atoms with Crippen molar-refractivity contribution < 1.29 is 13.2 Å². The number of hydrogen-bond acceptors (Lipinski definition) is 2. The average Bonchev–Trinajstić information content (AvgIpc) is 2.78. The molecule has 1 aromatic heterocycles. The van der Waals surface area contributed by atoms with Gasteiger partial charge in [-0.15, -0.1) is 11.3 Å². The monoisotopic (exact) mass is 305 g/mol. The number of thiophene rings is 1. The molecule has 0 amide bonds. The van der Waals surface area contributed by atoms with Crippen molar-refractivity contribution in [1.82, 2.24) is 5.32 Å². The van der Waals surface area contributed by atoms with E-state index in [0.29, 0.717) is 10.4 Å². The molecule has 6 heteroatoms. The van der Waals surface area contributed by atoms with Crippen LogP contribution in [0.2, 0.25) is 4.34 Å². The molecule has 0 aliphatic heterocycles. The van der Waals surface area contributed by atoms with E-state index in [1.807, 2.05) is 13.0 Å². The lowest BCUT2D eigenvalue weighted by Gasteiger charge is -2.12. The predicted octanol–water partition coefficient (Wildman–Crippen LogP) is 4.67. The van der Waals surface area contributed by atoms with Crippen molar-refractivity contribution in [3.8, 4) is 0 Å². The summed E-state index contributed by atoms with van der Waals surface area (Å²) < 4.78 is 39.9. The van der Waals surface area contributed by atoms with Gasteiger partial charge in [0.05, 0.1) is 4.34 Å². The minimum atomic E-state index is -1.18. The van der Waals surface area contributed by atoms with Crippen LogP contribution in [-0.4, -0.2) is 0 Å². The number of rotatable bonds is 4. The summed E-state index contributed by atoms with van der Waals surface area (Å²) in [4.78, 5) is 0.994. The third kappa shape index (κ3) is 3.49. The van der Waals surface area contributed by atoms with Gasteiger partial charge < -0.3 is 5.32 Å². The van der Waals surface area contributed by atoms with E-state index in [0.717, 1.165) is 10.9 Å². The van der Waals surface area contributed by atoms with Gasteiger partial charge in [-0.25, -0.2) is 13.2 Å². The largest absolute Gasteiger partial charge is 0.305 e.